The Balaban J connectivity index is 2.50. The lowest BCUT2D eigenvalue weighted by atomic mass is 10.4. The summed E-state index contributed by atoms with van der Waals surface area (Å²) in [6, 6.07) is 0. The second kappa shape index (κ2) is 3.10. The molecule has 0 unspecified atom stereocenters. The molecule has 0 fully saturated rings. The van der Waals surface area contributed by atoms with Crippen molar-refractivity contribution < 1.29 is 0 Å². The standard InChI is InChI=1S/C5H7NS2/c7-2-1-5-3-8-4-6-5/h3-4,7H,1-2H2. The molecule has 0 radical (unpaired) electrons. The van der Waals surface area contributed by atoms with Gasteiger partial charge in [-0.15, -0.1) is 11.3 Å². The van der Waals surface area contributed by atoms with Crippen LogP contribution in [0, 0.1) is 0 Å². The summed E-state index contributed by atoms with van der Waals surface area (Å²) in [4.78, 5) is 4.08. The molecular weight excluding hydrogens is 138 g/mol. The van der Waals surface area contributed by atoms with Crippen LogP contribution in [0.2, 0.25) is 0 Å². The van der Waals surface area contributed by atoms with Gasteiger partial charge < -0.3 is 0 Å². The number of hydrogen-bond acceptors (Lipinski definition) is 3. The molecule has 1 heterocycles. The van der Waals surface area contributed by atoms with Crippen LogP contribution in [0.4, 0.5) is 0 Å². The van der Waals surface area contributed by atoms with Crippen molar-refractivity contribution in [1.82, 2.24) is 4.98 Å². The molecule has 0 amide bonds. The van der Waals surface area contributed by atoms with Crippen molar-refractivity contribution >= 4 is 24.0 Å². The summed E-state index contributed by atoms with van der Waals surface area (Å²) < 4.78 is 0. The third kappa shape index (κ3) is 1.49. The Morgan fingerprint density at radius 1 is 1.75 bits per heavy atom. The number of rotatable bonds is 2. The second-order valence-electron chi connectivity index (χ2n) is 1.45. The third-order valence-electron chi connectivity index (χ3n) is 0.851. The SMILES string of the molecule is SCCc1cscn1. The fourth-order valence-corrected chi connectivity index (χ4v) is 1.30. The zero-order valence-electron chi connectivity index (χ0n) is 4.37. The van der Waals surface area contributed by atoms with Crippen molar-refractivity contribution in [1.29, 1.82) is 0 Å². The Bertz CT molecular complexity index is 136. The second-order valence-corrected chi connectivity index (χ2v) is 2.62. The number of hydrogen-bond donors (Lipinski definition) is 1. The predicted octanol–water partition coefficient (Wildman–Crippen LogP) is 1.62. The average Bonchev–Trinajstić information content (AvgIpc) is 2.19. The van der Waals surface area contributed by atoms with E-state index in [0.29, 0.717) is 0 Å². The number of aryl methyl sites for hydroxylation is 1. The van der Waals surface area contributed by atoms with E-state index in [1.807, 2.05) is 5.51 Å². The van der Waals surface area contributed by atoms with E-state index >= 15 is 0 Å². The molecule has 1 aromatic heterocycles. The van der Waals surface area contributed by atoms with Gasteiger partial charge in [0.2, 0.25) is 0 Å². The maximum Gasteiger partial charge on any atom is 0.0794 e. The number of thiazole rings is 1. The first kappa shape index (κ1) is 6.11. The highest BCUT2D eigenvalue weighted by molar-refractivity contribution is 7.80. The maximum atomic E-state index is 4.08. The van der Waals surface area contributed by atoms with Crippen LogP contribution in [-0.4, -0.2) is 10.7 Å². The van der Waals surface area contributed by atoms with Gasteiger partial charge in [-0.05, 0) is 12.2 Å². The van der Waals surface area contributed by atoms with Crippen molar-refractivity contribution in [2.75, 3.05) is 5.75 Å². The molecule has 0 atom stereocenters. The molecule has 1 rings (SSSR count). The van der Waals surface area contributed by atoms with E-state index in [9.17, 15) is 0 Å². The van der Waals surface area contributed by atoms with Gasteiger partial charge in [-0.3, -0.25) is 0 Å². The van der Waals surface area contributed by atoms with Gasteiger partial charge in [-0.25, -0.2) is 4.98 Å². The van der Waals surface area contributed by atoms with E-state index in [1.54, 1.807) is 11.3 Å². The summed E-state index contributed by atoms with van der Waals surface area (Å²) >= 11 is 5.71. The lowest BCUT2D eigenvalue weighted by molar-refractivity contribution is 1.08. The maximum absolute atomic E-state index is 4.08. The average molecular weight is 145 g/mol. The quantitative estimate of drug-likeness (QED) is 0.624. The van der Waals surface area contributed by atoms with E-state index in [-0.39, 0.29) is 0 Å². The topological polar surface area (TPSA) is 12.9 Å². The highest BCUT2D eigenvalue weighted by Gasteiger charge is 1.88. The van der Waals surface area contributed by atoms with E-state index in [2.05, 4.69) is 23.0 Å². The first-order valence-corrected chi connectivity index (χ1v) is 3.99. The van der Waals surface area contributed by atoms with Crippen LogP contribution in [0.25, 0.3) is 0 Å². The summed E-state index contributed by atoms with van der Waals surface area (Å²) in [6.45, 7) is 0. The molecule has 0 aliphatic carbocycles. The van der Waals surface area contributed by atoms with Gasteiger partial charge in [0.15, 0.2) is 0 Å². The van der Waals surface area contributed by atoms with Gasteiger partial charge in [0.25, 0.3) is 0 Å². The van der Waals surface area contributed by atoms with E-state index in [1.165, 1.54) is 0 Å². The molecule has 0 spiro atoms. The van der Waals surface area contributed by atoms with Crippen molar-refractivity contribution in [3.8, 4) is 0 Å². The summed E-state index contributed by atoms with van der Waals surface area (Å²) in [5, 5.41) is 2.05. The zero-order valence-corrected chi connectivity index (χ0v) is 6.08. The van der Waals surface area contributed by atoms with Crippen molar-refractivity contribution in [3.05, 3.63) is 16.6 Å². The Morgan fingerprint density at radius 2 is 2.62 bits per heavy atom. The predicted molar refractivity (Wildman–Crippen MR) is 39.7 cm³/mol. The highest BCUT2D eigenvalue weighted by atomic mass is 32.1. The molecule has 1 nitrogen and oxygen atoms in total. The summed E-state index contributed by atoms with van der Waals surface area (Å²) in [6.07, 6.45) is 0.993. The van der Waals surface area contributed by atoms with Crippen LogP contribution >= 0.6 is 24.0 Å². The van der Waals surface area contributed by atoms with Crippen LogP contribution in [0.3, 0.4) is 0 Å². The summed E-state index contributed by atoms with van der Waals surface area (Å²) in [5.41, 5.74) is 3.00. The zero-order chi connectivity index (χ0) is 5.82. The number of nitrogens with zero attached hydrogens (tertiary/aromatic N) is 1. The van der Waals surface area contributed by atoms with Gasteiger partial charge in [0, 0.05) is 5.38 Å². The normalized spacial score (nSPS) is 9.62. The minimum atomic E-state index is 0.893. The fraction of sp³-hybridized carbons (Fsp3) is 0.400. The fourth-order valence-electron chi connectivity index (χ4n) is 0.476. The molecule has 3 heteroatoms. The van der Waals surface area contributed by atoms with Crippen LogP contribution < -0.4 is 0 Å². The molecule has 0 aliphatic rings. The Kier molecular flexibility index (Phi) is 2.36. The Morgan fingerprint density at radius 3 is 3.12 bits per heavy atom. The molecule has 0 N–H and O–H groups in total. The molecule has 1 aromatic rings. The first-order chi connectivity index (χ1) is 3.93. The van der Waals surface area contributed by atoms with E-state index in [0.717, 1.165) is 17.9 Å². The molecule has 0 aliphatic heterocycles. The largest absolute Gasteiger partial charge is 0.250 e. The lowest BCUT2D eigenvalue weighted by Crippen LogP contribution is -1.83. The van der Waals surface area contributed by atoms with Crippen LogP contribution in [0.1, 0.15) is 5.69 Å². The molecule has 0 saturated carbocycles. The smallest absolute Gasteiger partial charge is 0.0794 e. The van der Waals surface area contributed by atoms with E-state index in [4.69, 9.17) is 0 Å². The van der Waals surface area contributed by atoms with Crippen LogP contribution in [-0.2, 0) is 6.42 Å². The molecule has 0 saturated heterocycles. The van der Waals surface area contributed by atoms with Gasteiger partial charge in [0.05, 0.1) is 11.2 Å². The van der Waals surface area contributed by atoms with E-state index < -0.39 is 0 Å². The molecular formula is C5H7NS2. The first-order valence-electron chi connectivity index (χ1n) is 2.41. The van der Waals surface area contributed by atoms with Crippen molar-refractivity contribution in [2.45, 2.75) is 6.42 Å². The molecule has 0 bridgehead atoms. The lowest BCUT2D eigenvalue weighted by Gasteiger charge is -1.84. The van der Waals surface area contributed by atoms with Gasteiger partial charge >= 0.3 is 0 Å². The van der Waals surface area contributed by atoms with Gasteiger partial charge in [-0.1, -0.05) is 0 Å². The minimum absolute atomic E-state index is 0.893. The van der Waals surface area contributed by atoms with Gasteiger partial charge in [-0.2, -0.15) is 12.6 Å². The van der Waals surface area contributed by atoms with Crippen molar-refractivity contribution in [3.63, 3.8) is 0 Å². The molecule has 0 aromatic carbocycles. The van der Waals surface area contributed by atoms with Gasteiger partial charge in [0.1, 0.15) is 0 Å². The number of thiol groups is 1. The molecule has 8 heavy (non-hydrogen) atoms. The monoisotopic (exact) mass is 145 g/mol. The van der Waals surface area contributed by atoms with Crippen LogP contribution in [0.5, 0.6) is 0 Å². The third-order valence-corrected chi connectivity index (χ3v) is 1.71. The van der Waals surface area contributed by atoms with Crippen molar-refractivity contribution in [2.24, 2.45) is 0 Å². The Hall–Kier alpha value is -0.0200. The Labute approximate surface area is 58.2 Å². The highest BCUT2D eigenvalue weighted by Crippen LogP contribution is 2.01. The summed E-state index contributed by atoms with van der Waals surface area (Å²) in [5.74, 6) is 0.893. The minimum Gasteiger partial charge on any atom is -0.250 e. The number of aromatic nitrogens is 1. The summed E-state index contributed by atoms with van der Waals surface area (Å²) in [7, 11) is 0. The van der Waals surface area contributed by atoms with Crippen LogP contribution in [0.15, 0.2) is 10.9 Å². The molecule has 44 valence electrons.